The standard InChI is InChI=1S/C8H12N4O2S/c9-4-7-3-6(5-11-12-7)8(1-2-8)15(10,13)14/h3,5H,1-2,4,9H2,(H2,10,13,14). The van der Waals surface area contributed by atoms with Crippen LogP contribution in [0.25, 0.3) is 0 Å². The molecule has 15 heavy (non-hydrogen) atoms. The van der Waals surface area contributed by atoms with Gasteiger partial charge in [0.25, 0.3) is 0 Å². The van der Waals surface area contributed by atoms with E-state index >= 15 is 0 Å². The van der Waals surface area contributed by atoms with E-state index in [1.807, 2.05) is 0 Å². The van der Waals surface area contributed by atoms with Gasteiger partial charge in [-0.05, 0) is 24.5 Å². The van der Waals surface area contributed by atoms with Crippen molar-refractivity contribution in [3.05, 3.63) is 23.5 Å². The van der Waals surface area contributed by atoms with Gasteiger partial charge in [-0.2, -0.15) is 10.2 Å². The second-order valence-electron chi connectivity index (χ2n) is 3.68. The van der Waals surface area contributed by atoms with Crippen molar-refractivity contribution in [2.75, 3.05) is 0 Å². The number of nitrogens with zero attached hydrogens (tertiary/aromatic N) is 2. The van der Waals surface area contributed by atoms with Gasteiger partial charge in [0.2, 0.25) is 10.0 Å². The van der Waals surface area contributed by atoms with Crippen molar-refractivity contribution in [3.63, 3.8) is 0 Å². The first-order valence-corrected chi connectivity index (χ1v) is 6.09. The molecule has 0 amide bonds. The molecule has 1 heterocycles. The first kappa shape index (κ1) is 10.5. The number of primary sulfonamides is 1. The van der Waals surface area contributed by atoms with E-state index in [0.29, 0.717) is 24.1 Å². The Morgan fingerprint density at radius 1 is 1.47 bits per heavy atom. The average molecular weight is 228 g/mol. The van der Waals surface area contributed by atoms with Gasteiger partial charge < -0.3 is 5.73 Å². The summed E-state index contributed by atoms with van der Waals surface area (Å²) in [5.41, 5.74) is 6.58. The Balaban J connectivity index is 2.47. The maximum Gasteiger partial charge on any atom is 0.219 e. The van der Waals surface area contributed by atoms with Crippen LogP contribution in [0.3, 0.4) is 0 Å². The Morgan fingerprint density at radius 2 is 2.13 bits per heavy atom. The summed E-state index contributed by atoms with van der Waals surface area (Å²) < 4.78 is 21.9. The number of hydrogen-bond donors (Lipinski definition) is 2. The lowest BCUT2D eigenvalue weighted by Crippen LogP contribution is -2.28. The number of nitrogens with two attached hydrogens (primary N) is 2. The van der Waals surface area contributed by atoms with E-state index in [4.69, 9.17) is 10.9 Å². The summed E-state index contributed by atoms with van der Waals surface area (Å²) in [5, 5.41) is 12.7. The van der Waals surface area contributed by atoms with Gasteiger partial charge in [-0.15, -0.1) is 0 Å². The van der Waals surface area contributed by atoms with Gasteiger partial charge in [-0.3, -0.25) is 0 Å². The Kier molecular flexibility index (Phi) is 2.25. The molecule has 1 aliphatic carbocycles. The van der Waals surface area contributed by atoms with Crippen LogP contribution in [0.15, 0.2) is 12.3 Å². The minimum Gasteiger partial charge on any atom is -0.325 e. The van der Waals surface area contributed by atoms with E-state index in [9.17, 15) is 8.42 Å². The molecule has 1 fully saturated rings. The van der Waals surface area contributed by atoms with E-state index < -0.39 is 14.8 Å². The molecular weight excluding hydrogens is 216 g/mol. The zero-order chi connectivity index (χ0) is 11.1. The largest absolute Gasteiger partial charge is 0.325 e. The molecule has 82 valence electrons. The topological polar surface area (TPSA) is 112 Å². The smallest absolute Gasteiger partial charge is 0.219 e. The average Bonchev–Trinajstić information content (AvgIpc) is 2.97. The molecule has 1 aromatic rings. The molecule has 1 aliphatic rings. The van der Waals surface area contributed by atoms with Crippen molar-refractivity contribution in [2.24, 2.45) is 10.9 Å². The lowest BCUT2D eigenvalue weighted by Gasteiger charge is -2.12. The van der Waals surface area contributed by atoms with Crippen molar-refractivity contribution in [1.82, 2.24) is 10.2 Å². The van der Waals surface area contributed by atoms with Crippen LogP contribution in [0.5, 0.6) is 0 Å². The van der Waals surface area contributed by atoms with Crippen molar-refractivity contribution in [1.29, 1.82) is 0 Å². The van der Waals surface area contributed by atoms with Crippen LogP contribution in [0.4, 0.5) is 0 Å². The van der Waals surface area contributed by atoms with Crippen molar-refractivity contribution in [3.8, 4) is 0 Å². The maximum atomic E-state index is 11.4. The Hall–Kier alpha value is -1.05. The minimum absolute atomic E-state index is 0.238. The summed E-state index contributed by atoms with van der Waals surface area (Å²) >= 11 is 0. The summed E-state index contributed by atoms with van der Waals surface area (Å²) in [6, 6.07) is 1.66. The molecule has 6 nitrogen and oxygen atoms in total. The van der Waals surface area contributed by atoms with Gasteiger partial charge in [0.05, 0.1) is 11.9 Å². The molecule has 0 spiro atoms. The third-order valence-electron chi connectivity index (χ3n) is 2.69. The third kappa shape index (κ3) is 1.62. The highest BCUT2D eigenvalue weighted by Gasteiger charge is 2.54. The summed E-state index contributed by atoms with van der Waals surface area (Å²) in [5.74, 6) is 0. The number of rotatable bonds is 3. The molecular formula is C8H12N4O2S. The minimum atomic E-state index is -3.58. The molecule has 1 saturated carbocycles. The quantitative estimate of drug-likeness (QED) is 0.704. The van der Waals surface area contributed by atoms with Gasteiger partial charge in [-0.1, -0.05) is 0 Å². The van der Waals surface area contributed by atoms with Gasteiger partial charge in [0.15, 0.2) is 0 Å². The molecule has 0 saturated heterocycles. The number of hydrogen-bond acceptors (Lipinski definition) is 5. The van der Waals surface area contributed by atoms with E-state index in [1.54, 1.807) is 6.07 Å². The van der Waals surface area contributed by atoms with Crippen LogP contribution < -0.4 is 10.9 Å². The maximum absolute atomic E-state index is 11.4. The fourth-order valence-electron chi connectivity index (χ4n) is 1.61. The van der Waals surface area contributed by atoms with Crippen LogP contribution >= 0.6 is 0 Å². The van der Waals surface area contributed by atoms with Crippen molar-refractivity contribution >= 4 is 10.0 Å². The summed E-state index contributed by atoms with van der Waals surface area (Å²) in [6.45, 7) is 0.238. The van der Waals surface area contributed by atoms with Gasteiger partial charge in [-0.25, -0.2) is 13.6 Å². The summed E-state index contributed by atoms with van der Waals surface area (Å²) in [7, 11) is -3.58. The molecule has 4 N–H and O–H groups in total. The normalized spacial score (nSPS) is 18.8. The number of aromatic nitrogens is 2. The SMILES string of the molecule is NCc1cc(C2(S(N)(=O)=O)CC2)cnn1. The van der Waals surface area contributed by atoms with Crippen molar-refractivity contribution in [2.45, 2.75) is 24.1 Å². The van der Waals surface area contributed by atoms with Gasteiger partial charge >= 0.3 is 0 Å². The highest BCUT2D eigenvalue weighted by molar-refractivity contribution is 7.90. The van der Waals surface area contributed by atoms with Gasteiger partial charge in [0, 0.05) is 6.54 Å². The second kappa shape index (κ2) is 3.22. The van der Waals surface area contributed by atoms with Crippen LogP contribution in [0.2, 0.25) is 0 Å². The molecule has 7 heteroatoms. The first-order chi connectivity index (χ1) is 6.99. The van der Waals surface area contributed by atoms with E-state index in [0.717, 1.165) is 0 Å². The molecule has 0 bridgehead atoms. The number of sulfonamides is 1. The zero-order valence-electron chi connectivity index (χ0n) is 8.05. The molecule has 0 radical (unpaired) electrons. The Bertz CT molecular complexity index is 481. The predicted octanol–water partition coefficient (Wildman–Crippen LogP) is -0.787. The lowest BCUT2D eigenvalue weighted by atomic mass is 10.2. The third-order valence-corrected chi connectivity index (χ3v) is 4.42. The van der Waals surface area contributed by atoms with Crippen LogP contribution in [0, 0.1) is 0 Å². The summed E-state index contributed by atoms with van der Waals surface area (Å²) in [6.07, 6.45) is 2.53. The molecule has 2 rings (SSSR count). The van der Waals surface area contributed by atoms with Gasteiger partial charge in [0.1, 0.15) is 4.75 Å². The van der Waals surface area contributed by atoms with E-state index in [2.05, 4.69) is 10.2 Å². The molecule has 1 aromatic heterocycles. The van der Waals surface area contributed by atoms with E-state index in [1.165, 1.54) is 6.20 Å². The van der Waals surface area contributed by atoms with Crippen molar-refractivity contribution < 1.29 is 8.42 Å². The fraction of sp³-hybridized carbons (Fsp3) is 0.500. The molecule has 0 aliphatic heterocycles. The second-order valence-corrected chi connectivity index (χ2v) is 5.55. The molecule has 0 atom stereocenters. The van der Waals surface area contributed by atoms with E-state index in [-0.39, 0.29) is 6.54 Å². The summed E-state index contributed by atoms with van der Waals surface area (Å²) in [4.78, 5) is 0. The Labute approximate surface area is 87.7 Å². The first-order valence-electron chi connectivity index (χ1n) is 4.54. The monoisotopic (exact) mass is 228 g/mol. The van der Waals surface area contributed by atoms with Crippen LogP contribution in [-0.2, 0) is 21.3 Å². The Morgan fingerprint density at radius 3 is 2.60 bits per heavy atom. The van der Waals surface area contributed by atoms with Crippen LogP contribution in [-0.4, -0.2) is 18.6 Å². The zero-order valence-corrected chi connectivity index (χ0v) is 8.87. The highest BCUT2D eigenvalue weighted by atomic mass is 32.2. The lowest BCUT2D eigenvalue weighted by molar-refractivity contribution is 0.581. The molecule has 0 aromatic carbocycles. The fourth-order valence-corrected chi connectivity index (χ4v) is 2.72. The highest BCUT2D eigenvalue weighted by Crippen LogP contribution is 2.51. The predicted molar refractivity (Wildman–Crippen MR) is 53.9 cm³/mol. The van der Waals surface area contributed by atoms with Crippen LogP contribution in [0.1, 0.15) is 24.1 Å². The molecule has 0 unspecified atom stereocenters.